The molecule has 2 aliphatic heterocycles. The van der Waals surface area contributed by atoms with Crippen molar-refractivity contribution in [1.82, 2.24) is 10.6 Å². The second kappa shape index (κ2) is 7.82. The first kappa shape index (κ1) is 14.8. The van der Waals surface area contributed by atoms with Crippen molar-refractivity contribution in [1.29, 1.82) is 0 Å². The summed E-state index contributed by atoms with van der Waals surface area (Å²) >= 11 is 0. The zero-order chi connectivity index (χ0) is 13.5. The zero-order valence-electron chi connectivity index (χ0n) is 11.8. The van der Waals surface area contributed by atoms with E-state index in [9.17, 15) is 4.79 Å². The van der Waals surface area contributed by atoms with E-state index >= 15 is 0 Å². The van der Waals surface area contributed by atoms with Gasteiger partial charge < -0.3 is 20.1 Å². The first-order valence-corrected chi connectivity index (χ1v) is 7.45. The molecule has 0 spiro atoms. The molecular weight excluding hydrogens is 244 g/mol. The number of amides is 1. The topological polar surface area (TPSA) is 59.6 Å². The summed E-state index contributed by atoms with van der Waals surface area (Å²) in [6, 6.07) is 0.399. The molecule has 0 radical (unpaired) electrons. The predicted molar refractivity (Wildman–Crippen MR) is 73.0 cm³/mol. The van der Waals surface area contributed by atoms with Gasteiger partial charge in [-0.3, -0.25) is 4.79 Å². The van der Waals surface area contributed by atoms with Crippen LogP contribution in [-0.2, 0) is 14.3 Å². The van der Waals surface area contributed by atoms with E-state index in [-0.39, 0.29) is 18.6 Å². The maximum atomic E-state index is 11.7. The Morgan fingerprint density at radius 3 is 3.05 bits per heavy atom. The Balaban J connectivity index is 1.53. The number of piperidine rings is 1. The van der Waals surface area contributed by atoms with Crippen LogP contribution < -0.4 is 10.6 Å². The van der Waals surface area contributed by atoms with Crippen molar-refractivity contribution < 1.29 is 14.3 Å². The Bertz CT molecular complexity index is 280. The molecule has 2 fully saturated rings. The van der Waals surface area contributed by atoms with Gasteiger partial charge in [0.15, 0.2) is 0 Å². The van der Waals surface area contributed by atoms with Crippen LogP contribution in [0.4, 0.5) is 0 Å². The van der Waals surface area contributed by atoms with Crippen LogP contribution in [-0.4, -0.2) is 51.0 Å². The second-order valence-corrected chi connectivity index (χ2v) is 5.63. The van der Waals surface area contributed by atoms with Gasteiger partial charge in [-0.15, -0.1) is 0 Å². The lowest BCUT2D eigenvalue weighted by Crippen LogP contribution is -2.48. The van der Waals surface area contributed by atoms with Crippen LogP contribution in [0.2, 0.25) is 0 Å². The number of hydrogen-bond acceptors (Lipinski definition) is 4. The number of hydrogen-bond donors (Lipinski definition) is 2. The van der Waals surface area contributed by atoms with Crippen LogP contribution in [0.3, 0.4) is 0 Å². The highest BCUT2D eigenvalue weighted by molar-refractivity contribution is 5.77. The Morgan fingerprint density at radius 1 is 1.42 bits per heavy atom. The maximum Gasteiger partial charge on any atom is 0.246 e. The van der Waals surface area contributed by atoms with Gasteiger partial charge in [-0.1, -0.05) is 6.92 Å². The van der Waals surface area contributed by atoms with Gasteiger partial charge in [0.2, 0.25) is 5.91 Å². The summed E-state index contributed by atoms with van der Waals surface area (Å²) in [7, 11) is 0. The minimum atomic E-state index is -0.0300. The van der Waals surface area contributed by atoms with Gasteiger partial charge in [0.1, 0.15) is 6.61 Å². The molecule has 0 bridgehead atoms. The molecule has 0 aromatic carbocycles. The average Bonchev–Trinajstić information content (AvgIpc) is 2.91. The van der Waals surface area contributed by atoms with Gasteiger partial charge >= 0.3 is 0 Å². The fraction of sp³-hybridized carbons (Fsp3) is 0.929. The summed E-state index contributed by atoms with van der Waals surface area (Å²) in [5.41, 5.74) is 0. The molecule has 110 valence electrons. The molecular formula is C14H26N2O3. The average molecular weight is 270 g/mol. The van der Waals surface area contributed by atoms with Crippen molar-refractivity contribution in [2.45, 2.75) is 44.8 Å². The Labute approximate surface area is 115 Å². The molecule has 2 N–H and O–H groups in total. The molecule has 5 heteroatoms. The number of ether oxygens (including phenoxy) is 2. The number of carbonyl (C=O) groups is 1. The summed E-state index contributed by atoms with van der Waals surface area (Å²) in [6.45, 7) is 5.48. The molecule has 0 aromatic rings. The third-order valence-corrected chi connectivity index (χ3v) is 4.01. The van der Waals surface area contributed by atoms with Crippen LogP contribution in [0, 0.1) is 5.92 Å². The van der Waals surface area contributed by atoms with Crippen molar-refractivity contribution in [3.05, 3.63) is 0 Å². The Morgan fingerprint density at radius 2 is 2.32 bits per heavy atom. The standard InChI is InChI=1S/C14H26N2O3/c1-11-4-2-6-15-13(11)8-16-14(17)10-18-9-12-5-3-7-19-12/h11-13,15H,2-10H2,1H3,(H,16,17). The molecule has 2 rings (SSSR count). The van der Waals surface area contributed by atoms with Crippen LogP contribution >= 0.6 is 0 Å². The van der Waals surface area contributed by atoms with Gasteiger partial charge in [0.05, 0.1) is 12.7 Å². The lowest BCUT2D eigenvalue weighted by atomic mass is 9.93. The maximum absolute atomic E-state index is 11.7. The minimum Gasteiger partial charge on any atom is -0.376 e. The molecule has 5 nitrogen and oxygen atoms in total. The number of nitrogens with one attached hydrogen (secondary N) is 2. The van der Waals surface area contributed by atoms with Crippen molar-refractivity contribution >= 4 is 5.91 Å². The molecule has 3 atom stereocenters. The van der Waals surface area contributed by atoms with E-state index < -0.39 is 0 Å². The number of carbonyl (C=O) groups excluding carboxylic acids is 1. The SMILES string of the molecule is CC1CCCNC1CNC(=O)COCC1CCCO1. The first-order valence-electron chi connectivity index (χ1n) is 7.45. The quantitative estimate of drug-likeness (QED) is 0.745. The third-order valence-electron chi connectivity index (χ3n) is 4.01. The molecule has 1 amide bonds. The predicted octanol–water partition coefficient (Wildman–Crippen LogP) is 0.686. The lowest BCUT2D eigenvalue weighted by molar-refractivity contribution is -0.127. The highest BCUT2D eigenvalue weighted by atomic mass is 16.5. The third kappa shape index (κ3) is 5.09. The van der Waals surface area contributed by atoms with E-state index in [4.69, 9.17) is 9.47 Å². The monoisotopic (exact) mass is 270 g/mol. The molecule has 2 heterocycles. The Hall–Kier alpha value is -0.650. The summed E-state index contributed by atoms with van der Waals surface area (Å²) in [5, 5.41) is 6.39. The van der Waals surface area contributed by atoms with Crippen molar-refractivity contribution in [2.24, 2.45) is 5.92 Å². The first-order chi connectivity index (χ1) is 9.25. The van der Waals surface area contributed by atoms with Gasteiger partial charge in [-0.2, -0.15) is 0 Å². The van der Waals surface area contributed by atoms with E-state index in [2.05, 4.69) is 17.6 Å². The second-order valence-electron chi connectivity index (χ2n) is 5.63. The molecule has 0 saturated carbocycles. The minimum absolute atomic E-state index is 0.0300. The zero-order valence-corrected chi connectivity index (χ0v) is 11.8. The summed E-state index contributed by atoms with van der Waals surface area (Å²) in [5.74, 6) is 0.597. The van der Waals surface area contributed by atoms with Crippen LogP contribution in [0.25, 0.3) is 0 Å². The number of rotatable bonds is 6. The largest absolute Gasteiger partial charge is 0.376 e. The summed E-state index contributed by atoms with van der Waals surface area (Å²) < 4.78 is 10.8. The Kier molecular flexibility index (Phi) is 6.07. The van der Waals surface area contributed by atoms with E-state index in [1.54, 1.807) is 0 Å². The molecule has 0 aromatic heterocycles. The molecule has 3 unspecified atom stereocenters. The van der Waals surface area contributed by atoms with Crippen LogP contribution in [0.5, 0.6) is 0 Å². The van der Waals surface area contributed by atoms with E-state index in [0.717, 1.165) is 26.0 Å². The molecule has 2 saturated heterocycles. The van der Waals surface area contributed by atoms with E-state index in [1.165, 1.54) is 12.8 Å². The van der Waals surface area contributed by atoms with E-state index in [1.807, 2.05) is 0 Å². The lowest BCUT2D eigenvalue weighted by Gasteiger charge is -2.30. The normalized spacial score (nSPS) is 31.3. The van der Waals surface area contributed by atoms with Crippen molar-refractivity contribution in [3.8, 4) is 0 Å². The fourth-order valence-electron chi connectivity index (χ4n) is 2.72. The molecule has 0 aliphatic carbocycles. The summed E-state index contributed by atoms with van der Waals surface area (Å²) in [6.07, 6.45) is 4.81. The molecule has 19 heavy (non-hydrogen) atoms. The highest BCUT2D eigenvalue weighted by Gasteiger charge is 2.21. The van der Waals surface area contributed by atoms with Crippen LogP contribution in [0.1, 0.15) is 32.6 Å². The smallest absolute Gasteiger partial charge is 0.246 e. The fourth-order valence-corrected chi connectivity index (χ4v) is 2.72. The summed E-state index contributed by atoms with van der Waals surface area (Å²) in [4.78, 5) is 11.7. The van der Waals surface area contributed by atoms with Gasteiger partial charge in [-0.05, 0) is 38.1 Å². The highest BCUT2D eigenvalue weighted by Crippen LogP contribution is 2.14. The van der Waals surface area contributed by atoms with Crippen molar-refractivity contribution in [2.75, 3.05) is 32.9 Å². The molecule has 2 aliphatic rings. The van der Waals surface area contributed by atoms with Crippen LogP contribution in [0.15, 0.2) is 0 Å². The van der Waals surface area contributed by atoms with Crippen molar-refractivity contribution in [3.63, 3.8) is 0 Å². The van der Waals surface area contributed by atoms with Gasteiger partial charge in [0.25, 0.3) is 0 Å². The van der Waals surface area contributed by atoms with Gasteiger partial charge in [-0.25, -0.2) is 0 Å². The van der Waals surface area contributed by atoms with E-state index in [0.29, 0.717) is 25.1 Å². The van der Waals surface area contributed by atoms with Gasteiger partial charge in [0, 0.05) is 19.2 Å².